The lowest BCUT2D eigenvalue weighted by atomic mass is 10.4. The fraction of sp³-hybridized carbons (Fsp3) is 0.143. The van der Waals surface area contributed by atoms with Crippen molar-refractivity contribution in [3.8, 4) is 0 Å². The Hall–Kier alpha value is -0.653. The van der Waals surface area contributed by atoms with Crippen molar-refractivity contribution in [3.05, 3.63) is 30.3 Å². The van der Waals surface area contributed by atoms with Gasteiger partial charge in [0.1, 0.15) is 0 Å². The first kappa shape index (κ1) is 9.44. The van der Waals surface area contributed by atoms with Crippen molar-refractivity contribution >= 4 is 22.7 Å². The minimum absolute atomic E-state index is 0.736. The van der Waals surface area contributed by atoms with Gasteiger partial charge in [0, 0.05) is 0 Å². The molecule has 12 heavy (non-hydrogen) atoms. The molecule has 0 saturated carbocycles. The van der Waals surface area contributed by atoms with Gasteiger partial charge < -0.3 is 0 Å². The second kappa shape index (κ2) is 3.38. The van der Waals surface area contributed by atoms with E-state index in [1.807, 2.05) is 6.07 Å². The monoisotopic (exact) mass is 202 g/mol. The summed E-state index contributed by atoms with van der Waals surface area (Å²) in [5.74, 6) is 0. The highest BCUT2D eigenvalue weighted by atomic mass is 32.4. The van der Waals surface area contributed by atoms with Gasteiger partial charge in [-0.2, -0.15) is 0 Å². The van der Waals surface area contributed by atoms with Crippen LogP contribution in [-0.4, -0.2) is 20.9 Å². The molecule has 1 aromatic rings. The van der Waals surface area contributed by atoms with Crippen LogP contribution < -0.4 is 5.19 Å². The van der Waals surface area contributed by atoms with Gasteiger partial charge in [-0.05, 0) is 5.19 Å². The second-order valence-corrected chi connectivity index (χ2v) is 9.46. The summed E-state index contributed by atoms with van der Waals surface area (Å²) in [7, 11) is -6.04. The number of rotatable bonds is 2. The van der Waals surface area contributed by atoms with E-state index in [9.17, 15) is 8.42 Å². The SMILES string of the molecule is C[SiH](c1ccccc1)S(=O)(=O)O. The van der Waals surface area contributed by atoms with Crippen LogP contribution in [0, 0.1) is 0 Å². The zero-order valence-corrected chi connectivity index (χ0v) is 8.61. The molecule has 0 bridgehead atoms. The van der Waals surface area contributed by atoms with Gasteiger partial charge in [-0.3, -0.25) is 4.55 Å². The normalized spacial score (nSPS) is 14.2. The maximum atomic E-state index is 10.7. The van der Waals surface area contributed by atoms with Crippen molar-refractivity contribution in [2.45, 2.75) is 6.55 Å². The Bertz CT molecular complexity index is 346. The van der Waals surface area contributed by atoms with Gasteiger partial charge in [-0.1, -0.05) is 36.9 Å². The predicted octanol–water partition coefficient (Wildman–Crippen LogP) is 0.135. The molecule has 0 aliphatic rings. The molecule has 1 atom stereocenters. The zero-order chi connectivity index (χ0) is 9.19. The molecule has 0 heterocycles. The van der Waals surface area contributed by atoms with Gasteiger partial charge in [-0.25, -0.2) is 8.42 Å². The Kier molecular flexibility index (Phi) is 2.66. The molecule has 0 radical (unpaired) electrons. The standard InChI is InChI=1S/C7H10O3SSi/c1-12(11(8,9)10)7-5-3-2-4-6-7/h2-6,12H,1H3,(H,8,9,10). The first-order valence-electron chi connectivity index (χ1n) is 3.53. The van der Waals surface area contributed by atoms with Crippen molar-refractivity contribution in [2.75, 3.05) is 0 Å². The van der Waals surface area contributed by atoms with Crippen LogP contribution in [0.1, 0.15) is 0 Å². The zero-order valence-electron chi connectivity index (χ0n) is 6.64. The molecular formula is C7H10O3SSi. The number of benzene rings is 1. The van der Waals surface area contributed by atoms with Crippen molar-refractivity contribution < 1.29 is 13.0 Å². The average molecular weight is 202 g/mol. The molecule has 1 unspecified atom stereocenters. The summed E-state index contributed by atoms with van der Waals surface area (Å²) >= 11 is 0. The quantitative estimate of drug-likeness (QED) is 0.548. The summed E-state index contributed by atoms with van der Waals surface area (Å²) in [5.41, 5.74) is 0. The van der Waals surface area contributed by atoms with Crippen LogP contribution in [0.25, 0.3) is 0 Å². The van der Waals surface area contributed by atoms with E-state index in [2.05, 4.69) is 0 Å². The summed E-state index contributed by atoms with van der Waals surface area (Å²) in [6, 6.07) is 8.80. The minimum atomic E-state index is -3.82. The Morgan fingerprint density at radius 1 is 1.25 bits per heavy atom. The number of hydrogen-bond acceptors (Lipinski definition) is 2. The molecule has 5 heteroatoms. The molecule has 1 aromatic carbocycles. The molecule has 0 aliphatic carbocycles. The molecular weight excluding hydrogens is 192 g/mol. The van der Waals surface area contributed by atoms with Gasteiger partial charge >= 0.3 is 0 Å². The summed E-state index contributed by atoms with van der Waals surface area (Å²) < 4.78 is 30.3. The fourth-order valence-corrected chi connectivity index (χ4v) is 3.51. The van der Waals surface area contributed by atoms with Crippen LogP contribution in [0.5, 0.6) is 0 Å². The van der Waals surface area contributed by atoms with Crippen molar-refractivity contribution in [2.24, 2.45) is 0 Å². The molecule has 0 amide bonds. The smallest absolute Gasteiger partial charge is 0.241 e. The summed E-state index contributed by atoms with van der Waals surface area (Å²) in [4.78, 5) is 0. The average Bonchev–Trinajstić information content (AvgIpc) is 2.03. The van der Waals surface area contributed by atoms with Gasteiger partial charge in [-0.15, -0.1) is 0 Å². The van der Waals surface area contributed by atoms with Crippen LogP contribution in [0.15, 0.2) is 30.3 Å². The highest BCUT2D eigenvalue weighted by Crippen LogP contribution is 1.94. The highest BCUT2D eigenvalue weighted by Gasteiger charge is 2.21. The lowest BCUT2D eigenvalue weighted by Gasteiger charge is -2.04. The van der Waals surface area contributed by atoms with E-state index in [0.717, 1.165) is 5.19 Å². The van der Waals surface area contributed by atoms with Crippen molar-refractivity contribution in [3.63, 3.8) is 0 Å². The lowest BCUT2D eigenvalue weighted by Crippen LogP contribution is -2.35. The fourth-order valence-electron chi connectivity index (χ4n) is 0.896. The van der Waals surface area contributed by atoms with E-state index < -0.39 is 17.5 Å². The van der Waals surface area contributed by atoms with E-state index in [1.54, 1.807) is 30.8 Å². The van der Waals surface area contributed by atoms with E-state index in [4.69, 9.17) is 4.55 Å². The molecule has 1 rings (SSSR count). The molecule has 66 valence electrons. The summed E-state index contributed by atoms with van der Waals surface area (Å²) in [6.45, 7) is 1.59. The van der Waals surface area contributed by atoms with Crippen LogP contribution in [0.4, 0.5) is 0 Å². The minimum Gasteiger partial charge on any atom is -0.291 e. The van der Waals surface area contributed by atoms with Crippen molar-refractivity contribution in [1.82, 2.24) is 0 Å². The van der Waals surface area contributed by atoms with Crippen LogP contribution in [0.3, 0.4) is 0 Å². The predicted molar refractivity (Wildman–Crippen MR) is 50.6 cm³/mol. The van der Waals surface area contributed by atoms with Crippen LogP contribution in [0.2, 0.25) is 6.55 Å². The molecule has 3 nitrogen and oxygen atoms in total. The molecule has 0 spiro atoms. The van der Waals surface area contributed by atoms with Gasteiger partial charge in [0.25, 0.3) is 0 Å². The molecule has 0 aliphatic heterocycles. The Morgan fingerprint density at radius 2 is 1.75 bits per heavy atom. The first-order chi connectivity index (χ1) is 5.52. The Labute approximate surface area is 73.0 Å². The summed E-state index contributed by atoms with van der Waals surface area (Å²) in [5, 5.41) is 0.736. The van der Waals surface area contributed by atoms with E-state index in [-0.39, 0.29) is 0 Å². The third kappa shape index (κ3) is 2.16. The first-order valence-corrected chi connectivity index (χ1v) is 8.18. The van der Waals surface area contributed by atoms with E-state index in [0.29, 0.717) is 0 Å². The maximum Gasteiger partial charge on any atom is 0.241 e. The Balaban J connectivity index is 3.02. The molecule has 1 N–H and O–H groups in total. The summed E-state index contributed by atoms with van der Waals surface area (Å²) in [6.07, 6.45) is 0. The highest BCUT2D eigenvalue weighted by molar-refractivity contribution is 8.15. The molecule has 0 saturated heterocycles. The Morgan fingerprint density at radius 3 is 2.17 bits per heavy atom. The lowest BCUT2D eigenvalue weighted by molar-refractivity contribution is 0.500. The number of hydrogen-bond donors (Lipinski definition) is 1. The van der Waals surface area contributed by atoms with Gasteiger partial charge in [0.15, 0.2) is 0 Å². The maximum absolute atomic E-state index is 10.7. The third-order valence-corrected chi connectivity index (χ3v) is 7.43. The van der Waals surface area contributed by atoms with Crippen molar-refractivity contribution in [1.29, 1.82) is 0 Å². The molecule has 0 fully saturated rings. The largest absolute Gasteiger partial charge is 0.291 e. The van der Waals surface area contributed by atoms with E-state index >= 15 is 0 Å². The third-order valence-electron chi connectivity index (χ3n) is 1.72. The van der Waals surface area contributed by atoms with Gasteiger partial charge in [0.05, 0.1) is 0 Å². The topological polar surface area (TPSA) is 54.4 Å². The van der Waals surface area contributed by atoms with E-state index in [1.165, 1.54) is 0 Å². The molecule has 0 aromatic heterocycles. The van der Waals surface area contributed by atoms with Crippen LogP contribution in [-0.2, 0) is 9.57 Å². The second-order valence-electron chi connectivity index (χ2n) is 2.57. The van der Waals surface area contributed by atoms with Crippen LogP contribution >= 0.6 is 0 Å². The van der Waals surface area contributed by atoms with Gasteiger partial charge in [0.2, 0.25) is 17.5 Å².